The zero-order valence-corrected chi connectivity index (χ0v) is 17.9. The molecule has 1 N–H and O–H groups in total. The minimum atomic E-state index is -3.32. The highest BCUT2D eigenvalue weighted by Gasteiger charge is 2.43. The zero-order valence-electron chi connectivity index (χ0n) is 17.1. The van der Waals surface area contributed by atoms with E-state index in [2.05, 4.69) is 35.1 Å². The highest BCUT2D eigenvalue weighted by Crippen LogP contribution is 2.36. The van der Waals surface area contributed by atoms with Crippen LogP contribution >= 0.6 is 0 Å². The summed E-state index contributed by atoms with van der Waals surface area (Å²) in [5.74, 6) is 0.898. The van der Waals surface area contributed by atoms with E-state index in [1.807, 2.05) is 4.90 Å². The van der Waals surface area contributed by atoms with E-state index in [0.29, 0.717) is 25.5 Å². The van der Waals surface area contributed by atoms with Crippen LogP contribution < -0.4 is 4.72 Å². The van der Waals surface area contributed by atoms with Gasteiger partial charge in [-0.15, -0.1) is 0 Å². The van der Waals surface area contributed by atoms with Crippen molar-refractivity contribution >= 4 is 15.9 Å². The average Bonchev–Trinajstić information content (AvgIpc) is 3.48. The van der Waals surface area contributed by atoms with Crippen LogP contribution in [0.1, 0.15) is 56.4 Å². The minimum absolute atomic E-state index is 0.135. The second-order valence-electron chi connectivity index (χ2n) is 8.88. The number of likely N-dealkylation sites (tertiary alicyclic amines) is 1. The fraction of sp³-hybridized carbons (Fsp3) is 0.682. The Hall–Kier alpha value is -1.44. The number of nitrogens with one attached hydrogen (secondary N) is 1. The van der Waals surface area contributed by atoms with Crippen molar-refractivity contribution in [3.8, 4) is 0 Å². The number of rotatable bonds is 7. The molecule has 1 unspecified atom stereocenters. The molecule has 3 fully saturated rings. The molecule has 160 valence electrons. The highest BCUT2D eigenvalue weighted by atomic mass is 32.2. The summed E-state index contributed by atoms with van der Waals surface area (Å²) in [5.41, 5.74) is 1.40. The smallest absolute Gasteiger partial charge is 0.226 e. The molecule has 4 rings (SSSR count). The number of benzene rings is 1. The van der Waals surface area contributed by atoms with Gasteiger partial charge in [0.2, 0.25) is 15.9 Å². The molecule has 0 aromatic heterocycles. The van der Waals surface area contributed by atoms with E-state index in [1.165, 1.54) is 11.8 Å². The van der Waals surface area contributed by atoms with E-state index >= 15 is 0 Å². The number of ether oxygens (including phenoxy) is 1. The van der Waals surface area contributed by atoms with E-state index in [4.69, 9.17) is 4.74 Å². The maximum Gasteiger partial charge on any atom is 0.226 e. The van der Waals surface area contributed by atoms with Gasteiger partial charge < -0.3 is 9.64 Å². The summed E-state index contributed by atoms with van der Waals surface area (Å²) in [4.78, 5) is 14.5. The first-order valence-corrected chi connectivity index (χ1v) is 12.7. The fourth-order valence-corrected chi connectivity index (χ4v) is 5.66. The van der Waals surface area contributed by atoms with Crippen LogP contribution in [0, 0.1) is 5.92 Å². The van der Waals surface area contributed by atoms with Crippen LogP contribution in [0.25, 0.3) is 0 Å². The summed E-state index contributed by atoms with van der Waals surface area (Å²) in [5, 5.41) is 0. The van der Waals surface area contributed by atoms with E-state index in [1.54, 1.807) is 0 Å². The number of sulfonamides is 1. The molecule has 29 heavy (non-hydrogen) atoms. The van der Waals surface area contributed by atoms with Crippen molar-refractivity contribution in [2.45, 2.75) is 69.1 Å². The average molecular weight is 421 g/mol. The highest BCUT2D eigenvalue weighted by molar-refractivity contribution is 7.88. The molecule has 1 aliphatic heterocycles. The molecule has 2 aliphatic carbocycles. The molecule has 1 aromatic carbocycles. The van der Waals surface area contributed by atoms with Crippen molar-refractivity contribution < 1.29 is 17.9 Å². The van der Waals surface area contributed by atoms with Crippen LogP contribution in [-0.2, 0) is 19.6 Å². The van der Waals surface area contributed by atoms with Crippen LogP contribution in [0.15, 0.2) is 30.3 Å². The first-order valence-electron chi connectivity index (χ1n) is 10.8. The Morgan fingerprint density at radius 3 is 2.38 bits per heavy atom. The van der Waals surface area contributed by atoms with Crippen molar-refractivity contribution in [3.63, 3.8) is 0 Å². The van der Waals surface area contributed by atoms with Gasteiger partial charge in [0.1, 0.15) is 0 Å². The summed E-state index contributed by atoms with van der Waals surface area (Å²) in [6, 6.07) is 10.2. The van der Waals surface area contributed by atoms with Gasteiger partial charge in [-0.05, 0) is 56.4 Å². The van der Waals surface area contributed by atoms with Crippen molar-refractivity contribution in [1.82, 2.24) is 9.62 Å². The maximum atomic E-state index is 12.7. The minimum Gasteiger partial charge on any atom is -0.376 e. The number of carbonyl (C=O) groups excluding carboxylic acids is 1. The Morgan fingerprint density at radius 2 is 1.76 bits per heavy atom. The number of nitrogens with zero attached hydrogens (tertiary/aromatic N) is 1. The third kappa shape index (κ3) is 5.38. The number of amides is 1. The summed E-state index contributed by atoms with van der Waals surface area (Å²) in [6.45, 7) is 1.02. The molecular weight excluding hydrogens is 388 g/mol. The number of carbonyl (C=O) groups is 1. The predicted octanol–water partition coefficient (Wildman–Crippen LogP) is 2.66. The van der Waals surface area contributed by atoms with Gasteiger partial charge in [0, 0.05) is 18.5 Å². The molecule has 1 saturated heterocycles. The lowest BCUT2D eigenvalue weighted by molar-refractivity contribution is -0.135. The topological polar surface area (TPSA) is 75.7 Å². The number of hydrogen-bond acceptors (Lipinski definition) is 4. The third-order valence-corrected chi connectivity index (χ3v) is 7.30. The quantitative estimate of drug-likeness (QED) is 0.736. The second-order valence-corrected chi connectivity index (χ2v) is 10.7. The normalized spacial score (nSPS) is 30.4. The Morgan fingerprint density at radius 1 is 1.07 bits per heavy atom. The van der Waals surface area contributed by atoms with Crippen LogP contribution in [0.4, 0.5) is 0 Å². The largest absolute Gasteiger partial charge is 0.376 e. The van der Waals surface area contributed by atoms with E-state index in [0.717, 1.165) is 38.5 Å². The molecular formula is C22H32N2O4S. The lowest BCUT2D eigenvalue weighted by atomic mass is 9.83. The standard InChI is InChI=1S/C22H32N2O4S/c1-29(26,27)23-20-13-14-24(22(25)18-7-8-18)21(20)15-28-19-11-9-17(10-12-19)16-5-3-2-4-6-16/h2-6,17-21,23H,7-15H2,1H3/t17?,19?,20?,21-/m0/s1. The van der Waals surface area contributed by atoms with E-state index < -0.39 is 10.0 Å². The maximum absolute atomic E-state index is 12.7. The van der Waals surface area contributed by atoms with Gasteiger partial charge in [0.05, 0.1) is 25.0 Å². The van der Waals surface area contributed by atoms with E-state index in [9.17, 15) is 13.2 Å². The monoisotopic (exact) mass is 420 g/mol. The molecule has 3 aliphatic rings. The SMILES string of the molecule is CS(=O)(=O)NC1CCN(C(=O)C2CC2)[C@H]1COC1CCC(c2ccccc2)CC1. The molecule has 1 aromatic rings. The summed E-state index contributed by atoms with van der Waals surface area (Å²) < 4.78 is 32.5. The van der Waals surface area contributed by atoms with Crippen molar-refractivity contribution in [3.05, 3.63) is 35.9 Å². The summed E-state index contributed by atoms with van der Waals surface area (Å²) >= 11 is 0. The lowest BCUT2D eigenvalue weighted by Gasteiger charge is -2.33. The van der Waals surface area contributed by atoms with Crippen LogP contribution in [0.2, 0.25) is 0 Å². The molecule has 2 atom stereocenters. The summed E-state index contributed by atoms with van der Waals surface area (Å²) in [7, 11) is -3.32. The number of hydrogen-bond donors (Lipinski definition) is 1. The van der Waals surface area contributed by atoms with Gasteiger partial charge in [-0.25, -0.2) is 13.1 Å². The molecule has 0 bridgehead atoms. The molecule has 0 spiro atoms. The molecule has 2 saturated carbocycles. The Bertz CT molecular complexity index is 801. The Labute approximate surface area is 174 Å². The second kappa shape index (κ2) is 8.74. The van der Waals surface area contributed by atoms with E-state index in [-0.39, 0.29) is 30.0 Å². The van der Waals surface area contributed by atoms with Crippen molar-refractivity contribution in [1.29, 1.82) is 0 Å². The van der Waals surface area contributed by atoms with Gasteiger partial charge in [0.15, 0.2) is 0 Å². The van der Waals surface area contributed by atoms with Gasteiger partial charge in [-0.1, -0.05) is 30.3 Å². The molecule has 1 heterocycles. The lowest BCUT2D eigenvalue weighted by Crippen LogP contribution is -2.49. The molecule has 6 nitrogen and oxygen atoms in total. The van der Waals surface area contributed by atoms with Crippen LogP contribution in [0.3, 0.4) is 0 Å². The first kappa shape index (κ1) is 20.8. The van der Waals surface area contributed by atoms with Crippen LogP contribution in [0.5, 0.6) is 0 Å². The van der Waals surface area contributed by atoms with Crippen molar-refractivity contribution in [2.75, 3.05) is 19.4 Å². The molecule has 7 heteroatoms. The fourth-order valence-electron chi connectivity index (χ4n) is 4.83. The van der Waals surface area contributed by atoms with Crippen LogP contribution in [-0.4, -0.2) is 56.8 Å². The van der Waals surface area contributed by atoms with Gasteiger partial charge in [-0.2, -0.15) is 0 Å². The Balaban J connectivity index is 1.33. The zero-order chi connectivity index (χ0) is 20.4. The summed E-state index contributed by atoms with van der Waals surface area (Å²) in [6.07, 6.45) is 8.16. The molecule has 0 radical (unpaired) electrons. The van der Waals surface area contributed by atoms with Crippen molar-refractivity contribution in [2.24, 2.45) is 5.92 Å². The first-order chi connectivity index (χ1) is 13.9. The third-order valence-electron chi connectivity index (χ3n) is 6.57. The van der Waals surface area contributed by atoms with Gasteiger partial charge in [0.25, 0.3) is 0 Å². The predicted molar refractivity (Wildman–Crippen MR) is 112 cm³/mol. The van der Waals surface area contributed by atoms with Gasteiger partial charge in [-0.3, -0.25) is 4.79 Å². The Kier molecular flexibility index (Phi) is 6.27. The van der Waals surface area contributed by atoms with Gasteiger partial charge >= 0.3 is 0 Å². The molecule has 1 amide bonds.